The summed E-state index contributed by atoms with van der Waals surface area (Å²) in [5.41, 5.74) is -1.04. The summed E-state index contributed by atoms with van der Waals surface area (Å²) in [4.78, 5) is 67.5. The molecule has 2 aliphatic heterocycles. The van der Waals surface area contributed by atoms with Gasteiger partial charge >= 0.3 is 12.1 Å². The average Bonchev–Trinajstić information content (AvgIpc) is 3.22. The van der Waals surface area contributed by atoms with E-state index in [1.54, 1.807) is 50.9 Å². The van der Waals surface area contributed by atoms with Crippen molar-refractivity contribution in [3.63, 3.8) is 0 Å². The van der Waals surface area contributed by atoms with Crippen LogP contribution in [0.4, 0.5) is 4.79 Å². The minimum Gasteiger partial charge on any atom is -0.478 e. The van der Waals surface area contributed by atoms with Crippen molar-refractivity contribution in [2.24, 2.45) is 10.5 Å². The van der Waals surface area contributed by atoms with E-state index in [1.807, 2.05) is 30.3 Å². The number of alkyl carbamates (subject to hydrolysis) is 1. The molecule has 4 rings (SSSR count). The number of amides is 4. The van der Waals surface area contributed by atoms with Crippen molar-refractivity contribution in [3.8, 4) is 0 Å². The highest BCUT2D eigenvalue weighted by Gasteiger charge is 2.54. The van der Waals surface area contributed by atoms with E-state index < -0.39 is 46.5 Å². The van der Waals surface area contributed by atoms with Gasteiger partial charge in [-0.2, -0.15) is 5.10 Å². The van der Waals surface area contributed by atoms with E-state index in [9.17, 15) is 29.1 Å². The van der Waals surface area contributed by atoms with Crippen LogP contribution in [0, 0.1) is 5.41 Å². The zero-order chi connectivity index (χ0) is 33.9. The Labute approximate surface area is 269 Å². The molecule has 2 atom stereocenters. The predicted octanol–water partition coefficient (Wildman–Crippen LogP) is 3.39. The molecule has 46 heavy (non-hydrogen) atoms. The van der Waals surface area contributed by atoms with E-state index in [2.05, 4.69) is 15.7 Å². The van der Waals surface area contributed by atoms with Gasteiger partial charge in [-0.3, -0.25) is 14.4 Å². The van der Waals surface area contributed by atoms with Crippen molar-refractivity contribution in [2.45, 2.75) is 77.5 Å². The van der Waals surface area contributed by atoms with Gasteiger partial charge in [0.25, 0.3) is 5.91 Å². The first-order valence-corrected chi connectivity index (χ1v) is 15.3. The minimum atomic E-state index is -1.46. The zero-order valence-corrected chi connectivity index (χ0v) is 27.3. The van der Waals surface area contributed by atoms with Crippen LogP contribution in [0.3, 0.4) is 0 Å². The molecule has 0 aliphatic carbocycles. The first-order chi connectivity index (χ1) is 21.5. The molecule has 2 aromatic carbocycles. The summed E-state index contributed by atoms with van der Waals surface area (Å²) in [5, 5.41) is 20.9. The van der Waals surface area contributed by atoms with E-state index in [0.717, 1.165) is 5.56 Å². The number of fused-ring (bicyclic) bond motifs is 1. The van der Waals surface area contributed by atoms with Gasteiger partial charge in [0.05, 0.1) is 11.3 Å². The van der Waals surface area contributed by atoms with Crippen LogP contribution in [-0.2, 0) is 32.0 Å². The normalized spacial score (nSPS) is 18.7. The summed E-state index contributed by atoms with van der Waals surface area (Å²) in [6, 6.07) is 15.0. The number of carboxylic acid groups (broad SMARTS) is 1. The zero-order valence-electron chi connectivity index (χ0n) is 27.3. The summed E-state index contributed by atoms with van der Waals surface area (Å²) in [6.45, 7) is 8.46. The predicted molar refractivity (Wildman–Crippen MR) is 171 cm³/mol. The summed E-state index contributed by atoms with van der Waals surface area (Å²) >= 11 is 0. The fourth-order valence-electron chi connectivity index (χ4n) is 5.89. The van der Waals surface area contributed by atoms with Gasteiger partial charge in [0.15, 0.2) is 0 Å². The molecule has 0 aromatic heterocycles. The Bertz CT molecular complexity index is 1530. The number of aryl methyl sites for hydroxylation is 1. The van der Waals surface area contributed by atoms with Gasteiger partial charge in [-0.05, 0) is 71.1 Å². The number of aromatic carboxylic acids is 1. The number of carboxylic acids is 1. The molecular weight excluding hydrogens is 590 g/mol. The molecule has 12 nitrogen and oxygen atoms in total. The highest BCUT2D eigenvalue weighted by atomic mass is 16.6. The number of carbonyl (C=O) groups is 5. The second-order valence-corrected chi connectivity index (χ2v) is 13.4. The van der Waals surface area contributed by atoms with Gasteiger partial charge in [0, 0.05) is 26.6 Å². The number of nitrogens with one attached hydrogen (secondary N) is 2. The Morgan fingerprint density at radius 2 is 1.67 bits per heavy atom. The molecule has 12 heteroatoms. The Balaban J connectivity index is 1.61. The fraction of sp³-hybridized carbons (Fsp3) is 0.471. The molecule has 1 fully saturated rings. The van der Waals surface area contributed by atoms with Crippen LogP contribution < -0.4 is 10.6 Å². The van der Waals surface area contributed by atoms with Crippen LogP contribution in [0.15, 0.2) is 59.7 Å². The molecule has 0 spiro atoms. The van der Waals surface area contributed by atoms with E-state index in [4.69, 9.17) is 4.74 Å². The monoisotopic (exact) mass is 633 g/mol. The van der Waals surface area contributed by atoms with Gasteiger partial charge in [0.1, 0.15) is 22.6 Å². The third kappa shape index (κ3) is 7.72. The molecule has 246 valence electrons. The largest absolute Gasteiger partial charge is 0.478 e. The third-order valence-electron chi connectivity index (χ3n) is 8.20. The fourth-order valence-corrected chi connectivity index (χ4v) is 5.89. The van der Waals surface area contributed by atoms with Crippen molar-refractivity contribution >= 4 is 35.5 Å². The molecule has 0 radical (unpaired) electrons. The highest BCUT2D eigenvalue weighted by molar-refractivity contribution is 6.13. The lowest BCUT2D eigenvalue weighted by atomic mass is 9.73. The van der Waals surface area contributed by atoms with Crippen LogP contribution in [0.2, 0.25) is 0 Å². The Hall–Kier alpha value is -4.74. The molecular formula is C34H43N5O7. The lowest BCUT2D eigenvalue weighted by Crippen LogP contribution is -2.62. The maximum Gasteiger partial charge on any atom is 0.408 e. The highest BCUT2D eigenvalue weighted by Crippen LogP contribution is 2.38. The molecule has 0 bridgehead atoms. The minimum absolute atomic E-state index is 0.0698. The molecule has 2 aliphatic rings. The smallest absolute Gasteiger partial charge is 0.408 e. The van der Waals surface area contributed by atoms with E-state index in [1.165, 1.54) is 24.9 Å². The maximum absolute atomic E-state index is 14.3. The number of ether oxygens (including phenoxy) is 1. The third-order valence-corrected chi connectivity index (χ3v) is 8.20. The summed E-state index contributed by atoms with van der Waals surface area (Å²) in [6.07, 6.45) is 0.198. The van der Waals surface area contributed by atoms with Gasteiger partial charge in [-0.15, -0.1) is 0 Å². The van der Waals surface area contributed by atoms with E-state index in [0.29, 0.717) is 24.1 Å². The number of carbonyl (C=O) groups excluding carboxylic acids is 4. The Morgan fingerprint density at radius 3 is 2.33 bits per heavy atom. The molecule has 3 N–H and O–H groups in total. The Morgan fingerprint density at radius 1 is 1.02 bits per heavy atom. The topological polar surface area (TPSA) is 158 Å². The van der Waals surface area contributed by atoms with Gasteiger partial charge < -0.3 is 25.4 Å². The van der Waals surface area contributed by atoms with Crippen molar-refractivity contribution < 1.29 is 33.8 Å². The summed E-state index contributed by atoms with van der Waals surface area (Å²) < 4.78 is 5.32. The lowest BCUT2D eigenvalue weighted by molar-refractivity contribution is -0.142. The van der Waals surface area contributed by atoms with Crippen LogP contribution in [-0.4, -0.2) is 87.8 Å². The molecule has 1 saturated heterocycles. The number of hydrogen-bond acceptors (Lipinski definition) is 7. The molecule has 0 saturated carbocycles. The maximum atomic E-state index is 14.3. The quantitative estimate of drug-likeness (QED) is 0.362. The van der Waals surface area contributed by atoms with Crippen LogP contribution in [0.1, 0.15) is 68.9 Å². The molecule has 4 amide bonds. The van der Waals surface area contributed by atoms with Crippen molar-refractivity contribution in [3.05, 3.63) is 71.3 Å². The van der Waals surface area contributed by atoms with Gasteiger partial charge in [0.2, 0.25) is 11.8 Å². The van der Waals surface area contributed by atoms with Crippen molar-refractivity contribution in [1.29, 1.82) is 0 Å². The van der Waals surface area contributed by atoms with Crippen molar-refractivity contribution in [1.82, 2.24) is 20.5 Å². The number of hydrazone groups is 1. The van der Waals surface area contributed by atoms with Crippen LogP contribution >= 0.6 is 0 Å². The number of benzene rings is 2. The van der Waals surface area contributed by atoms with Crippen LogP contribution in [0.25, 0.3) is 0 Å². The summed E-state index contributed by atoms with van der Waals surface area (Å²) in [7, 11) is 1.61. The summed E-state index contributed by atoms with van der Waals surface area (Å²) in [5.74, 6) is -2.34. The lowest BCUT2D eigenvalue weighted by Gasteiger charge is -2.41. The Kier molecular flexibility index (Phi) is 9.88. The van der Waals surface area contributed by atoms with Gasteiger partial charge in [-0.1, -0.05) is 48.5 Å². The average molecular weight is 634 g/mol. The molecule has 2 aromatic rings. The molecule has 2 unspecified atom stereocenters. The number of likely N-dealkylation sites (tertiary alicyclic amines) is 1. The number of piperidine rings is 1. The standard InChI is InChI=1S/C34H43N5O7/c1-32(2,3)46-31(45)36-33(4,5)29(43)35-25(17-16-23-14-10-11-15-24(23)28(41)42)27(40)39-19-18-26-34(21-39,30(44)38(6)37-26)20-22-12-8-7-9-13-22/h7-15,25H,16-21H2,1-6H3,(H,35,43)(H,36,45)(H,41,42). The SMILES string of the molecule is CN1N=C2CCN(C(=O)C(CCc3ccccc3C(=O)O)NC(=O)C(C)(C)NC(=O)OC(C)(C)C)CC2(Cc2ccccc2)C1=O. The number of rotatable bonds is 10. The molecule has 2 heterocycles. The number of hydrogen-bond donors (Lipinski definition) is 3. The second kappa shape index (κ2) is 13.3. The van der Waals surface area contributed by atoms with E-state index >= 15 is 0 Å². The van der Waals surface area contributed by atoms with Crippen molar-refractivity contribution in [2.75, 3.05) is 20.1 Å². The van der Waals surface area contributed by atoms with E-state index in [-0.39, 0.29) is 37.4 Å². The second-order valence-electron chi connectivity index (χ2n) is 13.4. The van der Waals surface area contributed by atoms with Gasteiger partial charge in [-0.25, -0.2) is 14.6 Å². The van der Waals surface area contributed by atoms with Crippen LogP contribution in [0.5, 0.6) is 0 Å². The number of nitrogens with zero attached hydrogens (tertiary/aromatic N) is 3. The first-order valence-electron chi connectivity index (χ1n) is 15.3. The first kappa shape index (κ1) is 34.1.